The first-order valence-corrected chi connectivity index (χ1v) is 7.83. The van der Waals surface area contributed by atoms with Gasteiger partial charge in [0.25, 0.3) is 0 Å². The highest BCUT2D eigenvalue weighted by Gasteiger charge is 2.23. The molecule has 2 aliphatic heterocycles. The molecule has 0 spiro atoms. The first kappa shape index (κ1) is 13.3. The molecular formula is C18H20N4. The van der Waals surface area contributed by atoms with Gasteiger partial charge >= 0.3 is 0 Å². The van der Waals surface area contributed by atoms with Crippen molar-refractivity contribution in [3.63, 3.8) is 0 Å². The largest absolute Gasteiger partial charge is 0.353 e. The first-order chi connectivity index (χ1) is 10.8. The average Bonchev–Trinajstić information content (AvgIpc) is 2.73. The highest BCUT2D eigenvalue weighted by atomic mass is 15.2. The molecule has 4 rings (SSSR count). The average molecular weight is 292 g/mol. The lowest BCUT2D eigenvalue weighted by Gasteiger charge is -2.31. The van der Waals surface area contributed by atoms with Gasteiger partial charge in [0.15, 0.2) is 0 Å². The van der Waals surface area contributed by atoms with Gasteiger partial charge in [0.05, 0.1) is 11.4 Å². The second-order valence-corrected chi connectivity index (χ2v) is 5.81. The van der Waals surface area contributed by atoms with Crippen LogP contribution in [0.15, 0.2) is 47.5 Å². The Morgan fingerprint density at radius 3 is 2.59 bits per heavy atom. The van der Waals surface area contributed by atoms with Crippen molar-refractivity contribution in [1.29, 1.82) is 0 Å². The van der Waals surface area contributed by atoms with E-state index in [1.165, 1.54) is 11.1 Å². The zero-order valence-electron chi connectivity index (χ0n) is 12.8. The van der Waals surface area contributed by atoms with Crippen LogP contribution in [-0.4, -0.2) is 36.9 Å². The van der Waals surface area contributed by atoms with Crippen molar-refractivity contribution in [3.8, 4) is 0 Å². The van der Waals surface area contributed by atoms with E-state index >= 15 is 0 Å². The van der Waals surface area contributed by atoms with E-state index in [1.54, 1.807) is 0 Å². The summed E-state index contributed by atoms with van der Waals surface area (Å²) in [5.41, 5.74) is 5.70. The van der Waals surface area contributed by atoms with E-state index in [9.17, 15) is 0 Å². The van der Waals surface area contributed by atoms with Crippen molar-refractivity contribution in [2.45, 2.75) is 6.92 Å². The van der Waals surface area contributed by atoms with Crippen molar-refractivity contribution in [1.82, 2.24) is 10.2 Å². The van der Waals surface area contributed by atoms with Crippen LogP contribution in [0.5, 0.6) is 0 Å². The lowest BCUT2D eigenvalue weighted by Crippen LogP contribution is -2.46. The molecule has 22 heavy (non-hydrogen) atoms. The standard InChI is InChI=1S/C18H20N4/c1-13-5-4-8-16-17(13)18(22-11-9-19-10-12-22)21-15-7-3-2-6-14(15)20-16/h2-8,19-20H,9-12H2,1H3. The monoisotopic (exact) mass is 292 g/mol. The molecule has 4 nitrogen and oxygen atoms in total. The second-order valence-electron chi connectivity index (χ2n) is 5.81. The minimum Gasteiger partial charge on any atom is -0.353 e. The summed E-state index contributed by atoms with van der Waals surface area (Å²) in [5.74, 6) is 1.09. The Hall–Kier alpha value is -2.33. The molecule has 0 aliphatic carbocycles. The van der Waals surface area contributed by atoms with Crippen LogP contribution < -0.4 is 10.6 Å². The maximum absolute atomic E-state index is 5.02. The van der Waals surface area contributed by atoms with Gasteiger partial charge in [-0.15, -0.1) is 0 Å². The summed E-state index contributed by atoms with van der Waals surface area (Å²) in [6.07, 6.45) is 0. The minimum atomic E-state index is 0.995. The number of para-hydroxylation sites is 2. The molecule has 2 N–H and O–H groups in total. The molecule has 0 saturated carbocycles. The molecule has 1 fully saturated rings. The molecule has 1 saturated heterocycles. The molecule has 0 bridgehead atoms. The fourth-order valence-corrected chi connectivity index (χ4v) is 3.17. The third-order valence-electron chi connectivity index (χ3n) is 4.31. The quantitative estimate of drug-likeness (QED) is 0.784. The second kappa shape index (κ2) is 5.46. The number of amidine groups is 1. The lowest BCUT2D eigenvalue weighted by molar-refractivity contribution is 0.358. The van der Waals surface area contributed by atoms with Crippen molar-refractivity contribution in [2.75, 3.05) is 31.5 Å². The van der Waals surface area contributed by atoms with Crippen LogP contribution in [0.4, 0.5) is 17.1 Å². The molecule has 0 atom stereocenters. The Morgan fingerprint density at radius 2 is 1.73 bits per heavy atom. The summed E-state index contributed by atoms with van der Waals surface area (Å²) >= 11 is 0. The molecule has 0 unspecified atom stereocenters. The number of nitrogens with zero attached hydrogens (tertiary/aromatic N) is 2. The van der Waals surface area contributed by atoms with E-state index < -0.39 is 0 Å². The molecule has 2 aromatic carbocycles. The van der Waals surface area contributed by atoms with Gasteiger partial charge < -0.3 is 15.5 Å². The summed E-state index contributed by atoms with van der Waals surface area (Å²) in [5, 5.41) is 6.97. The SMILES string of the molecule is Cc1cccc2c1C(N1CCNCC1)=Nc1ccccc1N2. The van der Waals surface area contributed by atoms with Crippen molar-refractivity contribution in [2.24, 2.45) is 4.99 Å². The van der Waals surface area contributed by atoms with Crippen LogP contribution in [0.2, 0.25) is 0 Å². The summed E-state index contributed by atoms with van der Waals surface area (Å²) in [6, 6.07) is 14.7. The number of aliphatic imine (C=N–C) groups is 1. The summed E-state index contributed by atoms with van der Waals surface area (Å²) in [4.78, 5) is 7.41. The Bertz CT molecular complexity index is 730. The molecule has 0 aromatic heterocycles. The smallest absolute Gasteiger partial charge is 0.139 e. The Balaban J connectivity index is 1.91. The highest BCUT2D eigenvalue weighted by molar-refractivity contribution is 6.08. The van der Waals surface area contributed by atoms with Gasteiger partial charge in [-0.2, -0.15) is 0 Å². The fourth-order valence-electron chi connectivity index (χ4n) is 3.17. The molecule has 4 heteroatoms. The zero-order chi connectivity index (χ0) is 14.9. The van der Waals surface area contributed by atoms with Crippen molar-refractivity contribution < 1.29 is 0 Å². The number of nitrogens with one attached hydrogen (secondary N) is 2. The third kappa shape index (κ3) is 2.25. The summed E-state index contributed by atoms with van der Waals surface area (Å²) in [7, 11) is 0. The van der Waals surface area contributed by atoms with Gasteiger partial charge in [0, 0.05) is 37.4 Å². The van der Waals surface area contributed by atoms with Crippen molar-refractivity contribution >= 4 is 22.9 Å². The lowest BCUT2D eigenvalue weighted by atomic mass is 10.0. The molecule has 2 aromatic rings. The van der Waals surface area contributed by atoms with Crippen LogP contribution in [0.1, 0.15) is 11.1 Å². The van der Waals surface area contributed by atoms with Crippen LogP contribution in [0.3, 0.4) is 0 Å². The predicted molar refractivity (Wildman–Crippen MR) is 91.5 cm³/mol. The van der Waals surface area contributed by atoms with Gasteiger partial charge in [-0.05, 0) is 30.7 Å². The van der Waals surface area contributed by atoms with E-state index in [-0.39, 0.29) is 0 Å². The Morgan fingerprint density at radius 1 is 0.955 bits per heavy atom. The number of hydrogen-bond donors (Lipinski definition) is 2. The van der Waals surface area contributed by atoms with Gasteiger partial charge in [0.2, 0.25) is 0 Å². The zero-order valence-corrected chi connectivity index (χ0v) is 12.8. The summed E-state index contributed by atoms with van der Waals surface area (Å²) < 4.78 is 0. The molecule has 2 heterocycles. The number of piperazine rings is 1. The van der Waals surface area contributed by atoms with E-state index in [2.05, 4.69) is 52.8 Å². The van der Waals surface area contributed by atoms with Gasteiger partial charge in [-0.3, -0.25) is 0 Å². The van der Waals surface area contributed by atoms with E-state index in [0.29, 0.717) is 0 Å². The summed E-state index contributed by atoms with van der Waals surface area (Å²) in [6.45, 7) is 6.17. The maximum Gasteiger partial charge on any atom is 0.139 e. The number of benzene rings is 2. The number of fused-ring (bicyclic) bond motifs is 2. The molecular weight excluding hydrogens is 272 g/mol. The topological polar surface area (TPSA) is 39.7 Å². The molecule has 0 amide bonds. The highest BCUT2D eigenvalue weighted by Crippen LogP contribution is 2.35. The van der Waals surface area contributed by atoms with Crippen LogP contribution in [0, 0.1) is 6.92 Å². The third-order valence-corrected chi connectivity index (χ3v) is 4.31. The van der Waals surface area contributed by atoms with E-state index in [4.69, 9.17) is 4.99 Å². The Labute approximate surface area is 130 Å². The van der Waals surface area contributed by atoms with E-state index in [1.807, 2.05) is 12.1 Å². The maximum atomic E-state index is 5.02. The number of rotatable bonds is 0. The Kier molecular flexibility index (Phi) is 3.31. The van der Waals surface area contributed by atoms with Crippen LogP contribution in [0.25, 0.3) is 0 Å². The van der Waals surface area contributed by atoms with E-state index in [0.717, 1.165) is 49.1 Å². The number of hydrogen-bond acceptors (Lipinski definition) is 4. The van der Waals surface area contributed by atoms with Gasteiger partial charge in [-0.25, -0.2) is 4.99 Å². The normalized spacial score (nSPS) is 17.0. The molecule has 2 aliphatic rings. The van der Waals surface area contributed by atoms with Crippen LogP contribution >= 0.6 is 0 Å². The minimum absolute atomic E-state index is 0.995. The van der Waals surface area contributed by atoms with Gasteiger partial charge in [-0.1, -0.05) is 24.3 Å². The van der Waals surface area contributed by atoms with Gasteiger partial charge in [0.1, 0.15) is 5.84 Å². The number of anilines is 2. The van der Waals surface area contributed by atoms with Crippen molar-refractivity contribution in [3.05, 3.63) is 53.6 Å². The molecule has 112 valence electrons. The predicted octanol–water partition coefficient (Wildman–Crippen LogP) is 3.04. The number of aryl methyl sites for hydroxylation is 1. The fraction of sp³-hybridized carbons (Fsp3) is 0.278. The van der Waals surface area contributed by atoms with Crippen LogP contribution in [-0.2, 0) is 0 Å². The molecule has 0 radical (unpaired) electrons. The first-order valence-electron chi connectivity index (χ1n) is 7.83.